The van der Waals surface area contributed by atoms with Crippen LogP contribution in [-0.4, -0.2) is 117 Å². The van der Waals surface area contributed by atoms with Crippen LogP contribution in [-0.2, 0) is 26.2 Å². The molecular formula is C34H38FN9O5. The first kappa shape index (κ1) is 32.4. The van der Waals surface area contributed by atoms with Crippen LogP contribution in [0.15, 0.2) is 48.9 Å². The molecule has 4 fully saturated rings. The molecule has 2 aromatic heterocycles. The number of hydrogen-bond acceptors (Lipinski definition) is 10. The van der Waals surface area contributed by atoms with E-state index in [9.17, 15) is 19.6 Å². The zero-order valence-corrected chi connectivity index (χ0v) is 27.7. The molecule has 3 aromatic rings. The van der Waals surface area contributed by atoms with Crippen molar-refractivity contribution in [2.75, 3.05) is 57.3 Å². The normalized spacial score (nSPS) is 25.2. The van der Waals surface area contributed by atoms with Gasteiger partial charge in [0.15, 0.2) is 0 Å². The molecule has 3 aliphatic heterocycles. The highest BCUT2D eigenvalue weighted by atomic mass is 19.1. The van der Waals surface area contributed by atoms with E-state index in [0.29, 0.717) is 68.3 Å². The third-order valence-electron chi connectivity index (χ3n) is 9.80. The third-order valence-corrected chi connectivity index (χ3v) is 9.80. The zero-order chi connectivity index (χ0) is 34.5. The summed E-state index contributed by atoms with van der Waals surface area (Å²) in [5.41, 5.74) is 0.530. The van der Waals surface area contributed by atoms with Crippen LogP contribution in [0.4, 0.5) is 19.7 Å². The molecule has 1 aliphatic carbocycles. The van der Waals surface area contributed by atoms with Crippen LogP contribution in [0, 0.1) is 29.0 Å². The Labute approximate surface area is 283 Å². The van der Waals surface area contributed by atoms with Crippen molar-refractivity contribution in [2.24, 2.45) is 11.8 Å². The van der Waals surface area contributed by atoms with Crippen LogP contribution in [0.3, 0.4) is 0 Å². The Morgan fingerprint density at radius 2 is 1.84 bits per heavy atom. The summed E-state index contributed by atoms with van der Waals surface area (Å²) >= 11 is 0. The number of fused-ring (bicyclic) bond motifs is 1. The minimum Gasteiger partial charge on any atom is -0.444 e. The fraction of sp³-hybridized carbons (Fsp3) is 0.500. The maximum Gasteiger partial charge on any atom is 0.414 e. The highest BCUT2D eigenvalue weighted by molar-refractivity contribution is 5.90. The highest BCUT2D eigenvalue weighted by Gasteiger charge is 2.71. The van der Waals surface area contributed by atoms with Crippen molar-refractivity contribution in [3.63, 3.8) is 0 Å². The molecule has 0 radical (unpaired) electrons. The molecule has 1 unspecified atom stereocenters. The minimum absolute atomic E-state index is 0.0138. The molecule has 4 atom stereocenters. The van der Waals surface area contributed by atoms with Crippen molar-refractivity contribution in [3.05, 3.63) is 60.4 Å². The van der Waals surface area contributed by atoms with Gasteiger partial charge in [0.25, 0.3) is 0 Å². The first-order valence-corrected chi connectivity index (χ1v) is 16.4. The number of rotatable bonds is 7. The molecule has 0 N–H and O–H groups in total. The Hall–Kier alpha value is -5.10. The summed E-state index contributed by atoms with van der Waals surface area (Å²) in [5.74, 6) is -0.542. The number of halogens is 1. The Balaban J connectivity index is 0.932. The molecule has 15 heteroatoms. The smallest absolute Gasteiger partial charge is 0.414 e. The van der Waals surface area contributed by atoms with Crippen molar-refractivity contribution < 1.29 is 28.2 Å². The summed E-state index contributed by atoms with van der Waals surface area (Å²) in [4.78, 5) is 49.6. The summed E-state index contributed by atoms with van der Waals surface area (Å²) < 4.78 is 27.8. The van der Waals surface area contributed by atoms with E-state index in [-0.39, 0.29) is 36.9 Å². The number of nitriles is 1. The van der Waals surface area contributed by atoms with Gasteiger partial charge in [-0.05, 0) is 45.0 Å². The molecule has 1 aromatic carbocycles. The Morgan fingerprint density at radius 3 is 2.45 bits per heavy atom. The number of piperazine rings is 1. The molecule has 256 valence electrons. The second kappa shape index (κ2) is 12.4. The Bertz CT molecular complexity index is 1770. The summed E-state index contributed by atoms with van der Waals surface area (Å²) in [5, 5.41) is 17.9. The lowest BCUT2D eigenvalue weighted by Crippen LogP contribution is -2.52. The van der Waals surface area contributed by atoms with Crippen LogP contribution in [0.5, 0.6) is 0 Å². The molecule has 4 aliphatic rings. The molecule has 0 bridgehead atoms. The van der Waals surface area contributed by atoms with Gasteiger partial charge in [0, 0.05) is 74.6 Å². The first-order chi connectivity index (χ1) is 23.4. The first-order valence-electron chi connectivity index (χ1n) is 16.4. The molecular weight excluding hydrogens is 633 g/mol. The SMILES string of the molecule is CC(C)(C)OC(=O)N1CCN(CC(=O)N2C[C@@H]3[C@H](C2)C3(C#N)c2ccc(-c3ccc(N4C[C@H](Cn5ccnn5)OC4=O)cc3F)cn2)CC1. The van der Waals surface area contributed by atoms with Gasteiger partial charge >= 0.3 is 12.2 Å². The van der Waals surface area contributed by atoms with Crippen LogP contribution >= 0.6 is 0 Å². The molecule has 5 heterocycles. The number of cyclic esters (lactones) is 1. The van der Waals surface area contributed by atoms with Gasteiger partial charge in [-0.1, -0.05) is 11.3 Å². The summed E-state index contributed by atoms with van der Waals surface area (Å²) in [6, 6.07) is 10.6. The number of hydrogen-bond donors (Lipinski definition) is 0. The van der Waals surface area contributed by atoms with Crippen molar-refractivity contribution in [1.29, 1.82) is 5.26 Å². The van der Waals surface area contributed by atoms with Crippen LogP contribution in [0.2, 0.25) is 0 Å². The summed E-state index contributed by atoms with van der Waals surface area (Å²) in [6.45, 7) is 9.50. The fourth-order valence-electron chi connectivity index (χ4n) is 7.21. The summed E-state index contributed by atoms with van der Waals surface area (Å²) in [6.07, 6.45) is 3.45. The van der Waals surface area contributed by atoms with Gasteiger partial charge in [0.2, 0.25) is 5.91 Å². The lowest BCUT2D eigenvalue weighted by molar-refractivity contribution is -0.132. The van der Waals surface area contributed by atoms with Gasteiger partial charge in [0.05, 0.1) is 43.3 Å². The number of piperidine rings is 1. The average Bonchev–Trinajstić information content (AvgIpc) is 3.57. The second-order valence-corrected chi connectivity index (χ2v) is 14.1. The van der Waals surface area contributed by atoms with Gasteiger partial charge in [0.1, 0.15) is 22.9 Å². The zero-order valence-electron chi connectivity index (χ0n) is 27.7. The molecule has 7 rings (SSSR count). The Morgan fingerprint density at radius 1 is 1.08 bits per heavy atom. The number of nitrogens with zero attached hydrogens (tertiary/aromatic N) is 9. The number of aromatic nitrogens is 4. The van der Waals surface area contributed by atoms with Gasteiger partial charge in [-0.25, -0.2) is 18.7 Å². The highest BCUT2D eigenvalue weighted by Crippen LogP contribution is 2.62. The van der Waals surface area contributed by atoms with Crippen LogP contribution in [0.25, 0.3) is 11.1 Å². The number of carbonyl (C=O) groups is 3. The third kappa shape index (κ3) is 6.28. The number of carbonyl (C=O) groups excluding carboxylic acids is 3. The van der Waals surface area contributed by atoms with Crippen LogP contribution < -0.4 is 4.90 Å². The number of amides is 3. The van der Waals surface area contributed by atoms with E-state index in [4.69, 9.17) is 9.47 Å². The van der Waals surface area contributed by atoms with E-state index in [1.165, 1.54) is 11.0 Å². The van der Waals surface area contributed by atoms with E-state index < -0.39 is 29.0 Å². The topological polar surface area (TPSA) is 150 Å². The maximum absolute atomic E-state index is 15.4. The molecule has 0 spiro atoms. The number of anilines is 1. The molecule has 14 nitrogen and oxygen atoms in total. The number of pyridine rings is 1. The van der Waals surface area contributed by atoms with Gasteiger partial charge in [-0.15, -0.1) is 5.10 Å². The number of benzene rings is 1. The monoisotopic (exact) mass is 671 g/mol. The second-order valence-electron chi connectivity index (χ2n) is 14.1. The van der Waals surface area contributed by atoms with Crippen molar-refractivity contribution in [3.8, 4) is 17.2 Å². The molecule has 3 saturated heterocycles. The Kier molecular flexibility index (Phi) is 8.22. The fourth-order valence-corrected chi connectivity index (χ4v) is 7.21. The largest absolute Gasteiger partial charge is 0.444 e. The van der Waals surface area contributed by atoms with Crippen molar-refractivity contribution in [1.82, 2.24) is 34.7 Å². The van der Waals surface area contributed by atoms with E-state index >= 15 is 4.39 Å². The maximum atomic E-state index is 15.4. The van der Waals surface area contributed by atoms with E-state index in [1.54, 1.807) is 52.4 Å². The van der Waals surface area contributed by atoms with Gasteiger partial charge < -0.3 is 19.3 Å². The molecule has 49 heavy (non-hydrogen) atoms. The van der Waals surface area contributed by atoms with E-state index in [0.717, 1.165) is 0 Å². The lowest BCUT2D eigenvalue weighted by atomic mass is 9.95. The van der Waals surface area contributed by atoms with Gasteiger partial charge in [-0.3, -0.25) is 19.6 Å². The van der Waals surface area contributed by atoms with Gasteiger partial charge in [-0.2, -0.15) is 5.26 Å². The van der Waals surface area contributed by atoms with Crippen molar-refractivity contribution in [2.45, 2.75) is 44.4 Å². The number of ether oxygens (including phenoxy) is 2. The van der Waals surface area contributed by atoms with Crippen LogP contribution in [0.1, 0.15) is 26.5 Å². The summed E-state index contributed by atoms with van der Waals surface area (Å²) in [7, 11) is 0. The molecule has 3 amide bonds. The molecule has 1 saturated carbocycles. The lowest BCUT2D eigenvalue weighted by Gasteiger charge is -2.36. The number of likely N-dealkylation sites (tertiary alicyclic amines) is 1. The minimum atomic E-state index is -0.782. The van der Waals surface area contributed by atoms with E-state index in [1.807, 2.05) is 30.6 Å². The quantitative estimate of drug-likeness (QED) is 0.367. The standard InChI is InChI=1S/C34H38FN9O5/c1-33(2,3)49-31(46)41-12-10-40(11-13-41)20-30(45)42-18-26-27(19-42)34(26,21-36)29-7-4-22(15-37-29)25-6-5-23(14-28(25)35)44-17-24(48-32(44)47)16-43-9-8-38-39-43/h4-9,14-15,24,26-27H,10-13,16-20H2,1-3H3/t24-,26-,27+,34?/m0/s1. The predicted octanol–water partition coefficient (Wildman–Crippen LogP) is 2.91. The average molecular weight is 672 g/mol. The van der Waals surface area contributed by atoms with E-state index in [2.05, 4.69) is 21.4 Å². The van der Waals surface area contributed by atoms with Crippen molar-refractivity contribution >= 4 is 23.8 Å². The predicted molar refractivity (Wildman–Crippen MR) is 172 cm³/mol.